The van der Waals surface area contributed by atoms with Crippen LogP contribution in [0.2, 0.25) is 0 Å². The molecule has 1 saturated heterocycles. The van der Waals surface area contributed by atoms with Crippen molar-refractivity contribution in [1.29, 1.82) is 0 Å². The summed E-state index contributed by atoms with van der Waals surface area (Å²) < 4.78 is 5.57. The topological polar surface area (TPSA) is 58.6 Å². The van der Waals surface area contributed by atoms with Crippen molar-refractivity contribution in [1.82, 2.24) is 5.32 Å². The van der Waals surface area contributed by atoms with E-state index in [4.69, 9.17) is 9.84 Å². The van der Waals surface area contributed by atoms with Gasteiger partial charge in [-0.15, -0.1) is 0 Å². The van der Waals surface area contributed by atoms with Gasteiger partial charge in [-0.3, -0.25) is 0 Å². The molecule has 19 heavy (non-hydrogen) atoms. The average Bonchev–Trinajstić information content (AvgIpc) is 2.39. The Kier molecular flexibility index (Phi) is 4.10. The number of hydrogen-bond acceptors (Lipinski definition) is 3. The zero-order valence-electron chi connectivity index (χ0n) is 11.5. The third-order valence-corrected chi connectivity index (χ3v) is 3.51. The van der Waals surface area contributed by atoms with Crippen LogP contribution in [0.25, 0.3) is 0 Å². The average molecular weight is 263 g/mol. The van der Waals surface area contributed by atoms with E-state index >= 15 is 0 Å². The predicted octanol–water partition coefficient (Wildman–Crippen LogP) is 2.40. The van der Waals surface area contributed by atoms with Crippen molar-refractivity contribution in [2.24, 2.45) is 0 Å². The van der Waals surface area contributed by atoms with Crippen LogP contribution in [0.3, 0.4) is 0 Å². The predicted molar refractivity (Wildman–Crippen MR) is 73.6 cm³/mol. The van der Waals surface area contributed by atoms with Crippen molar-refractivity contribution < 1.29 is 14.6 Å². The van der Waals surface area contributed by atoms with Gasteiger partial charge in [0.15, 0.2) is 5.60 Å². The standard InChI is InChI=1S/C15H21NO3/c1-15(2,14(17)18)19-13-7-3-5-11(9-13)12-6-4-8-16-10-12/h3,5,7,9,12,16H,4,6,8,10H2,1-2H3,(H,17,18). The number of carboxylic acid groups (broad SMARTS) is 1. The highest BCUT2D eigenvalue weighted by Gasteiger charge is 2.29. The molecule has 0 spiro atoms. The van der Waals surface area contributed by atoms with E-state index in [2.05, 4.69) is 11.4 Å². The van der Waals surface area contributed by atoms with Crippen molar-refractivity contribution in [2.75, 3.05) is 13.1 Å². The van der Waals surface area contributed by atoms with Crippen LogP contribution in [0.1, 0.15) is 38.2 Å². The Bertz CT molecular complexity index is 450. The maximum absolute atomic E-state index is 11.1. The molecule has 0 bridgehead atoms. The number of carboxylic acids is 1. The normalized spacial score (nSPS) is 20.0. The number of ether oxygens (including phenoxy) is 1. The SMILES string of the molecule is CC(C)(Oc1cccc(C2CCCNC2)c1)C(=O)O. The number of nitrogens with one attached hydrogen (secondary N) is 1. The fourth-order valence-corrected chi connectivity index (χ4v) is 2.31. The summed E-state index contributed by atoms with van der Waals surface area (Å²) in [5.41, 5.74) is 0.00886. The molecule has 1 heterocycles. The molecular formula is C15H21NO3. The molecule has 1 aromatic carbocycles. The summed E-state index contributed by atoms with van der Waals surface area (Å²) in [4.78, 5) is 11.1. The number of carbonyl (C=O) groups is 1. The molecule has 0 aromatic heterocycles. The second-order valence-electron chi connectivity index (χ2n) is 5.53. The molecular weight excluding hydrogens is 242 g/mol. The summed E-state index contributed by atoms with van der Waals surface area (Å²) >= 11 is 0. The highest BCUT2D eigenvalue weighted by atomic mass is 16.5. The Labute approximate surface area is 113 Å². The molecule has 104 valence electrons. The van der Waals surface area contributed by atoms with Crippen LogP contribution in [-0.4, -0.2) is 29.8 Å². The number of rotatable bonds is 4. The third-order valence-electron chi connectivity index (χ3n) is 3.51. The van der Waals surface area contributed by atoms with E-state index < -0.39 is 11.6 Å². The van der Waals surface area contributed by atoms with E-state index in [-0.39, 0.29) is 0 Å². The number of benzene rings is 1. The summed E-state index contributed by atoms with van der Waals surface area (Å²) in [6, 6.07) is 7.78. The lowest BCUT2D eigenvalue weighted by atomic mass is 9.91. The van der Waals surface area contributed by atoms with Gasteiger partial charge in [0.1, 0.15) is 5.75 Å². The van der Waals surface area contributed by atoms with Crippen LogP contribution in [0, 0.1) is 0 Å². The third kappa shape index (κ3) is 3.47. The zero-order chi connectivity index (χ0) is 13.9. The minimum Gasteiger partial charge on any atom is -0.478 e. The number of hydrogen-bond donors (Lipinski definition) is 2. The van der Waals surface area contributed by atoms with Gasteiger partial charge < -0.3 is 15.2 Å². The van der Waals surface area contributed by atoms with Crippen molar-refractivity contribution in [3.63, 3.8) is 0 Å². The van der Waals surface area contributed by atoms with Gasteiger partial charge in [-0.1, -0.05) is 12.1 Å². The van der Waals surface area contributed by atoms with Crippen LogP contribution in [0.4, 0.5) is 0 Å². The fraction of sp³-hybridized carbons (Fsp3) is 0.533. The minimum absolute atomic E-state index is 0.491. The van der Waals surface area contributed by atoms with Crippen molar-refractivity contribution in [2.45, 2.75) is 38.2 Å². The first-order chi connectivity index (χ1) is 8.99. The van der Waals surface area contributed by atoms with Crippen LogP contribution in [0.15, 0.2) is 24.3 Å². The van der Waals surface area contributed by atoms with Gasteiger partial charge in [0.25, 0.3) is 0 Å². The van der Waals surface area contributed by atoms with E-state index in [1.165, 1.54) is 18.4 Å². The molecule has 0 aliphatic carbocycles. The van der Waals surface area contributed by atoms with Crippen LogP contribution < -0.4 is 10.1 Å². The molecule has 2 N–H and O–H groups in total. The smallest absolute Gasteiger partial charge is 0.347 e. The maximum Gasteiger partial charge on any atom is 0.347 e. The number of piperidine rings is 1. The van der Waals surface area contributed by atoms with E-state index in [0.29, 0.717) is 11.7 Å². The molecule has 0 radical (unpaired) electrons. The van der Waals surface area contributed by atoms with Gasteiger partial charge >= 0.3 is 5.97 Å². The molecule has 1 atom stereocenters. The quantitative estimate of drug-likeness (QED) is 0.875. The molecule has 1 aromatic rings. The molecule has 2 rings (SSSR count). The van der Waals surface area contributed by atoms with Gasteiger partial charge in [0.2, 0.25) is 0 Å². The van der Waals surface area contributed by atoms with Crippen LogP contribution >= 0.6 is 0 Å². The highest BCUT2D eigenvalue weighted by molar-refractivity contribution is 5.76. The Morgan fingerprint density at radius 3 is 2.89 bits per heavy atom. The molecule has 4 heteroatoms. The highest BCUT2D eigenvalue weighted by Crippen LogP contribution is 2.27. The summed E-state index contributed by atoms with van der Waals surface area (Å²) in [5.74, 6) is 0.151. The maximum atomic E-state index is 11.1. The second kappa shape index (κ2) is 5.61. The van der Waals surface area contributed by atoms with E-state index in [1.807, 2.05) is 18.2 Å². The Morgan fingerprint density at radius 1 is 1.47 bits per heavy atom. The van der Waals surface area contributed by atoms with Gasteiger partial charge in [0.05, 0.1) is 0 Å². The first-order valence-corrected chi connectivity index (χ1v) is 6.72. The summed E-state index contributed by atoms with van der Waals surface area (Å²) in [6.07, 6.45) is 2.34. The van der Waals surface area contributed by atoms with Crippen LogP contribution in [0.5, 0.6) is 5.75 Å². The Hall–Kier alpha value is -1.55. The van der Waals surface area contributed by atoms with Crippen LogP contribution in [-0.2, 0) is 4.79 Å². The molecule has 0 saturated carbocycles. The second-order valence-corrected chi connectivity index (χ2v) is 5.53. The summed E-state index contributed by atoms with van der Waals surface area (Å²) in [6.45, 7) is 5.18. The van der Waals surface area contributed by atoms with Gasteiger partial charge in [-0.25, -0.2) is 4.79 Å². The van der Waals surface area contributed by atoms with E-state index in [0.717, 1.165) is 13.1 Å². The monoisotopic (exact) mass is 263 g/mol. The Balaban J connectivity index is 2.12. The van der Waals surface area contributed by atoms with Crippen molar-refractivity contribution >= 4 is 5.97 Å². The Morgan fingerprint density at radius 2 is 2.26 bits per heavy atom. The van der Waals surface area contributed by atoms with E-state index in [9.17, 15) is 4.79 Å². The lowest BCUT2D eigenvalue weighted by Crippen LogP contribution is -2.37. The van der Waals surface area contributed by atoms with Crippen molar-refractivity contribution in [3.8, 4) is 5.75 Å². The minimum atomic E-state index is -1.20. The fourth-order valence-electron chi connectivity index (χ4n) is 2.31. The van der Waals surface area contributed by atoms with Gasteiger partial charge in [-0.05, 0) is 56.8 Å². The lowest BCUT2D eigenvalue weighted by molar-refractivity contribution is -0.152. The molecule has 1 aliphatic rings. The van der Waals surface area contributed by atoms with Crippen molar-refractivity contribution in [3.05, 3.63) is 29.8 Å². The first kappa shape index (κ1) is 13.9. The van der Waals surface area contributed by atoms with Gasteiger partial charge in [0, 0.05) is 6.54 Å². The first-order valence-electron chi connectivity index (χ1n) is 6.72. The molecule has 4 nitrogen and oxygen atoms in total. The number of aliphatic carboxylic acids is 1. The zero-order valence-corrected chi connectivity index (χ0v) is 11.5. The largest absolute Gasteiger partial charge is 0.478 e. The molecule has 1 fully saturated rings. The molecule has 1 aliphatic heterocycles. The van der Waals surface area contributed by atoms with Gasteiger partial charge in [-0.2, -0.15) is 0 Å². The van der Waals surface area contributed by atoms with E-state index in [1.54, 1.807) is 13.8 Å². The summed E-state index contributed by atoms with van der Waals surface area (Å²) in [7, 11) is 0. The molecule has 1 unspecified atom stereocenters. The summed E-state index contributed by atoms with van der Waals surface area (Å²) in [5, 5.41) is 12.5. The molecule has 0 amide bonds. The lowest BCUT2D eigenvalue weighted by Gasteiger charge is -2.25.